The normalized spacial score (nSPS) is 16.0. The molecule has 1 aromatic carbocycles. The van der Waals surface area contributed by atoms with Crippen LogP contribution in [0.2, 0.25) is 0 Å². The van der Waals surface area contributed by atoms with E-state index in [0.717, 1.165) is 22.7 Å². The summed E-state index contributed by atoms with van der Waals surface area (Å²) in [4.78, 5) is 16.6. The maximum Gasteiger partial charge on any atom is 0.230 e. The summed E-state index contributed by atoms with van der Waals surface area (Å²) < 4.78 is 2.05. The van der Waals surface area contributed by atoms with Gasteiger partial charge in [0.2, 0.25) is 5.91 Å². The van der Waals surface area contributed by atoms with Crippen molar-refractivity contribution in [2.24, 2.45) is 13.0 Å². The molecule has 0 atom stereocenters. The number of hydrogen-bond acceptors (Lipinski definition) is 3. The highest BCUT2D eigenvalue weighted by molar-refractivity contribution is 7.99. The molecule has 1 heterocycles. The zero-order valence-electron chi connectivity index (χ0n) is 13.0. The number of nitrogens with zero attached hydrogens (tertiary/aromatic N) is 2. The molecule has 0 aliphatic heterocycles. The zero-order valence-corrected chi connectivity index (χ0v) is 13.9. The van der Waals surface area contributed by atoms with Crippen molar-refractivity contribution in [1.82, 2.24) is 14.9 Å². The minimum absolute atomic E-state index is 0.114. The molecule has 1 amide bonds. The number of nitrogens with one attached hydrogen (secondary N) is 1. The molecule has 1 aromatic heterocycles. The molecule has 0 saturated heterocycles. The number of rotatable bonds is 5. The van der Waals surface area contributed by atoms with Crippen LogP contribution in [0.3, 0.4) is 0 Å². The summed E-state index contributed by atoms with van der Waals surface area (Å²) in [6.07, 6.45) is 6.51. The van der Waals surface area contributed by atoms with Gasteiger partial charge in [-0.05, 0) is 30.9 Å². The summed E-state index contributed by atoms with van der Waals surface area (Å²) >= 11 is 1.51. The van der Waals surface area contributed by atoms with Gasteiger partial charge in [0.1, 0.15) is 0 Å². The average Bonchev–Trinajstić information content (AvgIpc) is 2.88. The van der Waals surface area contributed by atoms with Gasteiger partial charge >= 0.3 is 0 Å². The first-order valence-corrected chi connectivity index (χ1v) is 9.03. The molecule has 3 rings (SSSR count). The number of thioether (sulfide) groups is 1. The molecular weight excluding hydrogens is 294 g/mol. The number of imidazole rings is 1. The summed E-state index contributed by atoms with van der Waals surface area (Å²) in [5.41, 5.74) is 2.09. The first-order chi connectivity index (χ1) is 10.7. The van der Waals surface area contributed by atoms with Crippen LogP contribution in [0, 0.1) is 5.92 Å². The standard InChI is InChI=1S/C17H23N3OS/c1-20-15-10-6-5-9-14(15)19-17(20)22-12-16(21)18-11-13-7-3-2-4-8-13/h5-6,9-10,13H,2-4,7-8,11-12H2,1H3,(H,18,21). The zero-order chi connectivity index (χ0) is 15.4. The van der Waals surface area contributed by atoms with Gasteiger partial charge in [0.05, 0.1) is 16.8 Å². The van der Waals surface area contributed by atoms with Crippen molar-refractivity contribution >= 4 is 28.7 Å². The van der Waals surface area contributed by atoms with E-state index in [1.165, 1.54) is 43.9 Å². The van der Waals surface area contributed by atoms with Crippen molar-refractivity contribution < 1.29 is 4.79 Å². The van der Waals surface area contributed by atoms with E-state index < -0.39 is 0 Å². The lowest BCUT2D eigenvalue weighted by Crippen LogP contribution is -2.31. The number of hydrogen-bond donors (Lipinski definition) is 1. The van der Waals surface area contributed by atoms with Gasteiger partial charge in [0, 0.05) is 13.6 Å². The molecule has 1 N–H and O–H groups in total. The highest BCUT2D eigenvalue weighted by atomic mass is 32.2. The molecule has 2 aromatic rings. The Bertz CT molecular complexity index is 646. The minimum Gasteiger partial charge on any atom is -0.355 e. The van der Waals surface area contributed by atoms with Crippen molar-refractivity contribution in [2.75, 3.05) is 12.3 Å². The van der Waals surface area contributed by atoms with E-state index in [1.54, 1.807) is 0 Å². The second kappa shape index (κ2) is 7.18. The van der Waals surface area contributed by atoms with Crippen LogP contribution in [0.4, 0.5) is 0 Å². The number of aromatic nitrogens is 2. The molecule has 0 unspecified atom stereocenters. The molecule has 1 aliphatic rings. The summed E-state index contributed by atoms with van der Waals surface area (Å²) in [5.74, 6) is 1.23. The van der Waals surface area contributed by atoms with Gasteiger partial charge in [-0.3, -0.25) is 4.79 Å². The number of benzene rings is 1. The quantitative estimate of drug-likeness (QED) is 0.860. The van der Waals surface area contributed by atoms with E-state index in [0.29, 0.717) is 11.7 Å². The summed E-state index contributed by atoms with van der Waals surface area (Å²) in [5, 5.41) is 3.98. The number of carbonyl (C=O) groups excluding carboxylic acids is 1. The fraction of sp³-hybridized carbons (Fsp3) is 0.529. The van der Waals surface area contributed by atoms with Crippen LogP contribution in [0.15, 0.2) is 29.4 Å². The van der Waals surface area contributed by atoms with E-state index >= 15 is 0 Å². The molecule has 1 fully saturated rings. The Morgan fingerprint density at radius 1 is 1.32 bits per heavy atom. The predicted molar refractivity (Wildman–Crippen MR) is 91.0 cm³/mol. The second-order valence-corrected chi connectivity index (χ2v) is 6.98. The Hall–Kier alpha value is -1.49. The van der Waals surface area contributed by atoms with Gasteiger partial charge in [-0.15, -0.1) is 0 Å². The molecule has 1 saturated carbocycles. The van der Waals surface area contributed by atoms with Crippen LogP contribution in [0.25, 0.3) is 11.0 Å². The van der Waals surface area contributed by atoms with Gasteiger partial charge in [-0.1, -0.05) is 43.2 Å². The molecule has 0 spiro atoms. The van der Waals surface area contributed by atoms with E-state index in [2.05, 4.69) is 20.9 Å². The largest absolute Gasteiger partial charge is 0.355 e. The lowest BCUT2D eigenvalue weighted by atomic mass is 9.89. The van der Waals surface area contributed by atoms with Crippen LogP contribution < -0.4 is 5.32 Å². The first-order valence-electron chi connectivity index (χ1n) is 8.05. The lowest BCUT2D eigenvalue weighted by Gasteiger charge is -2.21. The maximum atomic E-state index is 12.0. The highest BCUT2D eigenvalue weighted by Crippen LogP contribution is 2.24. The van der Waals surface area contributed by atoms with Crippen molar-refractivity contribution in [3.05, 3.63) is 24.3 Å². The SMILES string of the molecule is Cn1c(SCC(=O)NCC2CCCCC2)nc2ccccc21. The summed E-state index contributed by atoms with van der Waals surface area (Å²) in [6.45, 7) is 0.835. The Balaban J connectivity index is 1.50. The summed E-state index contributed by atoms with van der Waals surface area (Å²) in [7, 11) is 2.00. The van der Waals surface area contributed by atoms with Crippen LogP contribution >= 0.6 is 11.8 Å². The van der Waals surface area contributed by atoms with E-state index in [-0.39, 0.29) is 5.91 Å². The number of para-hydroxylation sites is 2. The van der Waals surface area contributed by atoms with Crippen molar-refractivity contribution in [1.29, 1.82) is 0 Å². The Morgan fingerprint density at radius 2 is 2.09 bits per heavy atom. The van der Waals surface area contributed by atoms with Crippen LogP contribution in [0.5, 0.6) is 0 Å². The molecule has 0 radical (unpaired) electrons. The monoisotopic (exact) mass is 317 g/mol. The van der Waals surface area contributed by atoms with Crippen LogP contribution in [0.1, 0.15) is 32.1 Å². The molecule has 0 bridgehead atoms. The predicted octanol–water partition coefficient (Wildman–Crippen LogP) is 3.36. The topological polar surface area (TPSA) is 46.9 Å². The third-order valence-corrected chi connectivity index (χ3v) is 5.42. The molecule has 22 heavy (non-hydrogen) atoms. The molecule has 5 heteroatoms. The van der Waals surface area contributed by atoms with E-state index in [9.17, 15) is 4.79 Å². The average molecular weight is 317 g/mol. The third kappa shape index (κ3) is 3.64. The van der Waals surface area contributed by atoms with E-state index in [1.807, 2.05) is 25.2 Å². The summed E-state index contributed by atoms with van der Waals surface area (Å²) in [6, 6.07) is 8.05. The fourth-order valence-corrected chi connectivity index (χ4v) is 3.90. The Morgan fingerprint density at radius 3 is 2.86 bits per heavy atom. The van der Waals surface area contributed by atoms with Crippen molar-refractivity contribution in [3.63, 3.8) is 0 Å². The Labute approximate surface area is 135 Å². The lowest BCUT2D eigenvalue weighted by molar-refractivity contribution is -0.118. The minimum atomic E-state index is 0.114. The van der Waals surface area contributed by atoms with Gasteiger partial charge in [0.15, 0.2) is 5.16 Å². The first kappa shape index (κ1) is 15.4. The second-order valence-electron chi connectivity index (χ2n) is 6.04. The van der Waals surface area contributed by atoms with Crippen molar-refractivity contribution in [2.45, 2.75) is 37.3 Å². The van der Waals surface area contributed by atoms with Crippen molar-refractivity contribution in [3.8, 4) is 0 Å². The van der Waals surface area contributed by atoms with Crippen LogP contribution in [-0.2, 0) is 11.8 Å². The molecule has 118 valence electrons. The van der Waals surface area contributed by atoms with Crippen LogP contribution in [-0.4, -0.2) is 27.8 Å². The molecule has 4 nitrogen and oxygen atoms in total. The Kier molecular flexibility index (Phi) is 5.03. The smallest absolute Gasteiger partial charge is 0.230 e. The third-order valence-electron chi connectivity index (χ3n) is 4.39. The van der Waals surface area contributed by atoms with Gasteiger partial charge in [-0.25, -0.2) is 4.98 Å². The van der Waals surface area contributed by atoms with Gasteiger partial charge < -0.3 is 9.88 Å². The number of amides is 1. The van der Waals surface area contributed by atoms with Gasteiger partial charge in [0.25, 0.3) is 0 Å². The number of fused-ring (bicyclic) bond motifs is 1. The number of carbonyl (C=O) groups is 1. The number of aryl methyl sites for hydroxylation is 1. The molecule has 1 aliphatic carbocycles. The highest BCUT2D eigenvalue weighted by Gasteiger charge is 2.15. The molecular formula is C17H23N3OS. The van der Waals surface area contributed by atoms with Gasteiger partial charge in [-0.2, -0.15) is 0 Å². The fourth-order valence-electron chi connectivity index (χ4n) is 3.08. The van der Waals surface area contributed by atoms with E-state index in [4.69, 9.17) is 0 Å². The maximum absolute atomic E-state index is 12.0.